The molecule has 0 radical (unpaired) electrons. The number of methoxy groups -OCH3 is 1. The number of hydrazine groups is 1. The van der Waals surface area contributed by atoms with Gasteiger partial charge in [0.2, 0.25) is 5.91 Å². The van der Waals surface area contributed by atoms with Gasteiger partial charge in [-0.25, -0.2) is 5.43 Å². The van der Waals surface area contributed by atoms with Gasteiger partial charge in [0.15, 0.2) is 6.10 Å². The zero-order chi connectivity index (χ0) is 30.6. The Hall–Kier alpha value is -3.83. The van der Waals surface area contributed by atoms with Crippen LogP contribution in [0.4, 0.5) is 0 Å². The van der Waals surface area contributed by atoms with Crippen molar-refractivity contribution in [3.05, 3.63) is 47.8 Å². The summed E-state index contributed by atoms with van der Waals surface area (Å²) in [6.45, 7) is 9.08. The summed E-state index contributed by atoms with van der Waals surface area (Å²) >= 11 is 0. The molecule has 1 fully saturated rings. The average Bonchev–Trinajstić information content (AvgIpc) is 2.98. The molecule has 2 aliphatic heterocycles. The molecular formula is C31H41N5O6. The van der Waals surface area contributed by atoms with Gasteiger partial charge in [-0.3, -0.25) is 29.2 Å². The number of amides is 3. The monoisotopic (exact) mass is 579 g/mol. The molecule has 0 aliphatic carbocycles. The van der Waals surface area contributed by atoms with Crippen LogP contribution in [0, 0.1) is 11.8 Å². The smallest absolute Gasteiger partial charge is 0.312 e. The van der Waals surface area contributed by atoms with E-state index < -0.39 is 42.1 Å². The van der Waals surface area contributed by atoms with Gasteiger partial charge in [0, 0.05) is 25.2 Å². The Morgan fingerprint density at radius 2 is 1.74 bits per heavy atom. The normalized spacial score (nSPS) is 29.1. The van der Waals surface area contributed by atoms with Crippen LogP contribution in [0.2, 0.25) is 0 Å². The molecule has 1 aromatic heterocycles. The Bertz CT molecular complexity index is 1360. The maximum Gasteiger partial charge on any atom is 0.312 e. The van der Waals surface area contributed by atoms with E-state index in [9.17, 15) is 19.2 Å². The maximum atomic E-state index is 13.2. The van der Waals surface area contributed by atoms with Gasteiger partial charge in [-0.15, -0.1) is 0 Å². The van der Waals surface area contributed by atoms with Crippen LogP contribution >= 0.6 is 0 Å². The van der Waals surface area contributed by atoms with Crippen LogP contribution in [0.3, 0.4) is 0 Å². The maximum absolute atomic E-state index is 13.2. The van der Waals surface area contributed by atoms with Gasteiger partial charge >= 0.3 is 5.97 Å². The predicted molar refractivity (Wildman–Crippen MR) is 157 cm³/mol. The highest BCUT2D eigenvalue weighted by molar-refractivity contribution is 5.91. The van der Waals surface area contributed by atoms with Crippen molar-refractivity contribution >= 4 is 40.5 Å². The second-order valence-electron chi connectivity index (χ2n) is 11.4. The van der Waals surface area contributed by atoms with Gasteiger partial charge in [-0.1, -0.05) is 32.1 Å². The van der Waals surface area contributed by atoms with Crippen molar-refractivity contribution in [1.82, 2.24) is 26.1 Å². The van der Waals surface area contributed by atoms with Crippen molar-refractivity contribution in [3.8, 4) is 0 Å². The first-order valence-electron chi connectivity index (χ1n) is 14.5. The molecule has 4 rings (SSSR count). The predicted octanol–water partition coefficient (Wildman–Crippen LogP) is 2.66. The minimum Gasteiger partial charge on any atom is -0.452 e. The zero-order valence-corrected chi connectivity index (χ0v) is 25.0. The number of benzene rings is 1. The van der Waals surface area contributed by atoms with E-state index in [-0.39, 0.29) is 23.8 Å². The van der Waals surface area contributed by atoms with Crippen molar-refractivity contribution in [2.45, 2.75) is 77.8 Å². The Morgan fingerprint density at radius 1 is 1.00 bits per heavy atom. The van der Waals surface area contributed by atoms with E-state index in [1.807, 2.05) is 31.2 Å². The first-order chi connectivity index (χ1) is 20.0. The lowest BCUT2D eigenvalue weighted by atomic mass is 10.0. The number of aromatic nitrogens is 1. The minimum atomic E-state index is -1.11. The molecule has 0 spiro atoms. The van der Waals surface area contributed by atoms with Crippen molar-refractivity contribution in [2.75, 3.05) is 13.7 Å². The molecule has 11 heteroatoms. The lowest BCUT2D eigenvalue weighted by molar-refractivity contribution is -0.165. The number of carbonyl (C=O) groups is 4. The molecule has 1 saturated heterocycles. The number of pyridine rings is 1. The summed E-state index contributed by atoms with van der Waals surface area (Å²) in [5.74, 6) is -2.84. The number of nitrogens with zero attached hydrogens (tertiary/aromatic N) is 2. The first-order valence-corrected chi connectivity index (χ1v) is 14.5. The fourth-order valence-corrected chi connectivity index (χ4v) is 5.16. The molecule has 3 heterocycles. The van der Waals surface area contributed by atoms with Crippen LogP contribution in [-0.4, -0.2) is 71.6 Å². The van der Waals surface area contributed by atoms with Crippen molar-refractivity contribution < 1.29 is 28.7 Å². The number of hydrogen-bond donors (Lipinski definition) is 3. The number of cyclic esters (lactones) is 1. The highest BCUT2D eigenvalue weighted by atomic mass is 16.6. The Balaban J connectivity index is 1.68. The number of carbonyl (C=O) groups excluding carboxylic acids is 4. The molecule has 226 valence electrons. The highest BCUT2D eigenvalue weighted by Crippen LogP contribution is 2.23. The molecule has 3 amide bonds. The molecule has 5 bridgehead atoms. The van der Waals surface area contributed by atoms with Gasteiger partial charge in [0.25, 0.3) is 11.8 Å². The van der Waals surface area contributed by atoms with Gasteiger partial charge in [0.05, 0.1) is 23.8 Å². The number of fused-ring (bicyclic) bond motifs is 4. The van der Waals surface area contributed by atoms with Crippen molar-refractivity contribution in [3.63, 3.8) is 0 Å². The topological polar surface area (TPSA) is 139 Å². The molecule has 0 unspecified atom stereocenters. The van der Waals surface area contributed by atoms with Gasteiger partial charge in [-0.2, -0.15) is 0 Å². The Labute approximate surface area is 246 Å². The van der Waals surface area contributed by atoms with E-state index in [2.05, 4.69) is 21.0 Å². The van der Waals surface area contributed by atoms with E-state index in [1.54, 1.807) is 46.0 Å². The molecule has 3 N–H and O–H groups in total. The van der Waals surface area contributed by atoms with Crippen LogP contribution in [0.25, 0.3) is 16.8 Å². The minimum absolute atomic E-state index is 0.219. The Morgan fingerprint density at radius 3 is 2.45 bits per heavy atom. The van der Waals surface area contributed by atoms with Crippen LogP contribution in [0.15, 0.2) is 36.5 Å². The fraction of sp³-hybridized carbons (Fsp3) is 0.516. The van der Waals surface area contributed by atoms with Gasteiger partial charge in [-0.05, 0) is 68.7 Å². The second-order valence-corrected chi connectivity index (χ2v) is 11.4. The number of hydrogen-bond acceptors (Lipinski definition) is 8. The second kappa shape index (κ2) is 13.4. The van der Waals surface area contributed by atoms with Gasteiger partial charge in [0.1, 0.15) is 12.1 Å². The average molecular weight is 580 g/mol. The number of ether oxygens (including phenoxy) is 2. The van der Waals surface area contributed by atoms with Crippen LogP contribution < -0.4 is 16.1 Å². The molecule has 0 saturated carbocycles. The zero-order valence-electron chi connectivity index (χ0n) is 25.0. The molecule has 42 heavy (non-hydrogen) atoms. The summed E-state index contributed by atoms with van der Waals surface area (Å²) < 4.78 is 11.2. The molecule has 6 atom stereocenters. The fourth-order valence-electron chi connectivity index (χ4n) is 5.16. The molecule has 2 aliphatic rings. The summed E-state index contributed by atoms with van der Waals surface area (Å²) in [6.07, 6.45) is 4.73. The molecule has 2 aromatic rings. The van der Waals surface area contributed by atoms with Crippen LogP contribution in [0.1, 0.15) is 64.8 Å². The van der Waals surface area contributed by atoms with E-state index in [0.29, 0.717) is 25.1 Å². The van der Waals surface area contributed by atoms with Crippen LogP contribution in [-0.2, 0) is 28.7 Å². The highest BCUT2D eigenvalue weighted by Gasteiger charge is 2.35. The number of nitrogens with one attached hydrogen (secondary N) is 3. The Kier molecular flexibility index (Phi) is 9.95. The summed E-state index contributed by atoms with van der Waals surface area (Å²) in [5.41, 5.74) is 4.63. The summed E-state index contributed by atoms with van der Waals surface area (Å²) in [6, 6.07) is 6.06. The van der Waals surface area contributed by atoms with E-state index >= 15 is 0 Å². The largest absolute Gasteiger partial charge is 0.452 e. The third-order valence-electron chi connectivity index (χ3n) is 7.82. The molecule has 1 aromatic carbocycles. The third kappa shape index (κ3) is 7.14. The van der Waals surface area contributed by atoms with Crippen molar-refractivity contribution in [1.29, 1.82) is 0 Å². The number of esters is 1. The van der Waals surface area contributed by atoms with Gasteiger partial charge < -0.3 is 20.1 Å². The standard InChI is InChI=1S/C31H41N5O6/c1-17(2)27-29(38)34-20(5)30(39)36-13-7-8-25(35-36)28(37)33-19(4)21-9-10-22-16-32-24(15-23(22)14-21)11-12-26(41-6)18(3)31(40)42-27/h9-12,14-20,25-27,35H,7-8,13H2,1-6H3,(H,33,37)(H,34,38)/b12-11+/t18-,19-,20+,25+,26-,27+/m1/s1. The lowest BCUT2D eigenvalue weighted by Crippen LogP contribution is -2.61. The molecule has 11 nitrogen and oxygen atoms in total. The third-order valence-corrected chi connectivity index (χ3v) is 7.82. The van der Waals surface area contributed by atoms with Crippen molar-refractivity contribution in [2.24, 2.45) is 11.8 Å². The van der Waals surface area contributed by atoms with Crippen LogP contribution in [0.5, 0.6) is 0 Å². The van der Waals surface area contributed by atoms with E-state index in [4.69, 9.17) is 9.47 Å². The molecular weight excluding hydrogens is 538 g/mol. The summed E-state index contributed by atoms with van der Waals surface area (Å²) in [5, 5.41) is 9.02. The SMILES string of the molecule is CO[C@@H]1/C=C/c2cc3cc(ccc3cn2)[C@@H](C)NC(=O)[C@@H]2CCCN(N2)C(=O)[C@H](C)NC(=O)[C@H](C(C)C)OC(=O)[C@@H]1C. The quantitative estimate of drug-likeness (QED) is 0.462. The van der Waals surface area contributed by atoms with E-state index in [1.165, 1.54) is 12.1 Å². The summed E-state index contributed by atoms with van der Waals surface area (Å²) in [7, 11) is 1.50. The first kappa shape index (κ1) is 31.1. The summed E-state index contributed by atoms with van der Waals surface area (Å²) in [4.78, 5) is 57.3. The number of rotatable bonds is 2. The van der Waals surface area contributed by atoms with E-state index in [0.717, 1.165) is 16.3 Å². The lowest BCUT2D eigenvalue weighted by Gasteiger charge is -2.35.